The molecule has 2 heteroatoms. The van der Waals surface area contributed by atoms with Crippen LogP contribution in [0.5, 0.6) is 0 Å². The summed E-state index contributed by atoms with van der Waals surface area (Å²) in [5.74, 6) is 1.09. The molecule has 0 amide bonds. The average Bonchev–Trinajstić information content (AvgIpc) is 2.27. The maximum Gasteiger partial charge on any atom is 0.0672 e. The van der Waals surface area contributed by atoms with Gasteiger partial charge in [-0.05, 0) is 29.0 Å². The molecule has 0 aliphatic carbocycles. The summed E-state index contributed by atoms with van der Waals surface area (Å²) in [5.41, 5.74) is 5.38. The van der Waals surface area contributed by atoms with Gasteiger partial charge < -0.3 is 5.32 Å². The van der Waals surface area contributed by atoms with E-state index in [2.05, 4.69) is 50.3 Å². The molecule has 0 fully saturated rings. The van der Waals surface area contributed by atoms with Crippen molar-refractivity contribution in [2.75, 3.05) is 0 Å². The molecule has 1 N–H and O–H groups in total. The van der Waals surface area contributed by atoms with Crippen LogP contribution in [0.15, 0.2) is 18.5 Å². The summed E-state index contributed by atoms with van der Waals surface area (Å²) in [7, 11) is 0. The van der Waals surface area contributed by atoms with Gasteiger partial charge in [-0.3, -0.25) is 4.98 Å². The van der Waals surface area contributed by atoms with Gasteiger partial charge in [-0.25, -0.2) is 0 Å². The second kappa shape index (κ2) is 4.28. The first kappa shape index (κ1) is 11.2. The molecule has 0 unspecified atom stereocenters. The minimum atomic E-state index is 0.535. The van der Waals surface area contributed by atoms with Gasteiger partial charge in [0, 0.05) is 18.0 Å². The van der Waals surface area contributed by atoms with E-state index in [0.717, 1.165) is 6.54 Å². The van der Waals surface area contributed by atoms with Gasteiger partial charge in [-0.1, -0.05) is 27.7 Å². The van der Waals surface area contributed by atoms with E-state index in [9.17, 15) is 0 Å². The van der Waals surface area contributed by atoms with Crippen molar-refractivity contribution >= 4 is 5.57 Å². The Labute approximate surface area is 97.8 Å². The van der Waals surface area contributed by atoms with Crippen molar-refractivity contribution < 1.29 is 0 Å². The number of pyridine rings is 1. The molecule has 0 atom stereocenters. The van der Waals surface area contributed by atoms with Gasteiger partial charge >= 0.3 is 0 Å². The van der Waals surface area contributed by atoms with Gasteiger partial charge in [0.2, 0.25) is 0 Å². The number of hydrogen-bond donors (Lipinski definition) is 1. The van der Waals surface area contributed by atoms with Crippen LogP contribution in [0.1, 0.15) is 50.4 Å². The number of allylic oxidation sites excluding steroid dienone is 1. The third-order valence-corrected chi connectivity index (χ3v) is 3.12. The highest BCUT2D eigenvalue weighted by Gasteiger charge is 2.20. The average molecular weight is 216 g/mol. The Hall–Kier alpha value is -1.31. The van der Waals surface area contributed by atoms with Crippen molar-refractivity contribution in [1.29, 1.82) is 0 Å². The van der Waals surface area contributed by atoms with Crippen molar-refractivity contribution in [1.82, 2.24) is 10.3 Å². The van der Waals surface area contributed by atoms with Gasteiger partial charge in [0.1, 0.15) is 0 Å². The second-order valence-corrected chi connectivity index (χ2v) is 5.01. The maximum atomic E-state index is 4.49. The van der Waals surface area contributed by atoms with Crippen molar-refractivity contribution in [2.24, 2.45) is 5.92 Å². The first-order valence-corrected chi connectivity index (χ1v) is 6.03. The predicted octanol–water partition coefficient (Wildman–Crippen LogP) is 3.31. The molecule has 0 radical (unpaired) electrons. The van der Waals surface area contributed by atoms with Crippen LogP contribution >= 0.6 is 0 Å². The van der Waals surface area contributed by atoms with Crippen molar-refractivity contribution in [3.05, 3.63) is 35.3 Å². The monoisotopic (exact) mass is 216 g/mol. The zero-order valence-corrected chi connectivity index (χ0v) is 10.5. The molecule has 2 heterocycles. The van der Waals surface area contributed by atoms with Crippen molar-refractivity contribution in [3.8, 4) is 0 Å². The lowest BCUT2D eigenvalue weighted by Gasteiger charge is -2.25. The first-order valence-electron chi connectivity index (χ1n) is 6.03. The van der Waals surface area contributed by atoms with E-state index in [1.807, 2.05) is 6.20 Å². The molecule has 1 aromatic rings. The van der Waals surface area contributed by atoms with Crippen LogP contribution < -0.4 is 5.32 Å². The molecular weight excluding hydrogens is 196 g/mol. The Morgan fingerprint density at radius 1 is 1.19 bits per heavy atom. The van der Waals surface area contributed by atoms with Crippen LogP contribution in [0, 0.1) is 5.92 Å². The standard InChI is InChI=1S/C14H20N2/c1-9(2)11-5-6-16-13-8-15-7-12(10(3)4)14(11)13/h5-7,9-10,15H,8H2,1-4H3. The van der Waals surface area contributed by atoms with Gasteiger partial charge in [-0.15, -0.1) is 0 Å². The summed E-state index contributed by atoms with van der Waals surface area (Å²) >= 11 is 0. The quantitative estimate of drug-likeness (QED) is 0.820. The predicted molar refractivity (Wildman–Crippen MR) is 68.0 cm³/mol. The minimum absolute atomic E-state index is 0.535. The van der Waals surface area contributed by atoms with E-state index in [4.69, 9.17) is 0 Å². The van der Waals surface area contributed by atoms with Crippen LogP contribution in [0.25, 0.3) is 5.57 Å². The van der Waals surface area contributed by atoms with Crippen LogP contribution in [-0.2, 0) is 6.54 Å². The normalized spacial score (nSPS) is 14.8. The lowest BCUT2D eigenvalue weighted by Crippen LogP contribution is -2.19. The Morgan fingerprint density at radius 2 is 1.94 bits per heavy atom. The maximum absolute atomic E-state index is 4.49. The third kappa shape index (κ3) is 1.84. The van der Waals surface area contributed by atoms with E-state index in [1.165, 1.54) is 22.4 Å². The van der Waals surface area contributed by atoms with E-state index in [0.29, 0.717) is 11.8 Å². The van der Waals surface area contributed by atoms with E-state index in [-0.39, 0.29) is 0 Å². The largest absolute Gasteiger partial charge is 0.385 e. The molecule has 1 aromatic heterocycles. The van der Waals surface area contributed by atoms with Crippen molar-refractivity contribution in [3.63, 3.8) is 0 Å². The summed E-state index contributed by atoms with van der Waals surface area (Å²) in [6.07, 6.45) is 4.08. The SMILES string of the molecule is CC(C)C1=CNCc2nccc(C(C)C)c21. The lowest BCUT2D eigenvalue weighted by molar-refractivity contribution is 0.752. The molecule has 86 valence electrons. The van der Waals surface area contributed by atoms with Gasteiger partial charge in [0.15, 0.2) is 0 Å². The number of aromatic nitrogens is 1. The molecule has 1 aliphatic heterocycles. The first-order chi connectivity index (χ1) is 7.61. The molecule has 0 spiro atoms. The molecule has 0 saturated heterocycles. The van der Waals surface area contributed by atoms with Crippen LogP contribution in [0.3, 0.4) is 0 Å². The highest BCUT2D eigenvalue weighted by molar-refractivity contribution is 5.72. The smallest absolute Gasteiger partial charge is 0.0672 e. The fraction of sp³-hybridized carbons (Fsp3) is 0.500. The Bertz CT molecular complexity index is 417. The number of rotatable bonds is 2. The summed E-state index contributed by atoms with van der Waals surface area (Å²) in [5, 5.41) is 3.31. The molecule has 1 aliphatic rings. The van der Waals surface area contributed by atoms with Crippen LogP contribution in [0.4, 0.5) is 0 Å². The van der Waals surface area contributed by atoms with Crippen LogP contribution in [-0.4, -0.2) is 4.98 Å². The van der Waals surface area contributed by atoms with Crippen LogP contribution in [0.2, 0.25) is 0 Å². The Kier molecular flexibility index (Phi) is 2.99. The second-order valence-electron chi connectivity index (χ2n) is 5.01. The molecule has 2 rings (SSSR count). The molecule has 0 aromatic carbocycles. The summed E-state index contributed by atoms with van der Waals surface area (Å²) in [6.45, 7) is 9.82. The number of fused-ring (bicyclic) bond motifs is 1. The zero-order valence-electron chi connectivity index (χ0n) is 10.5. The van der Waals surface area contributed by atoms with Gasteiger partial charge in [0.05, 0.1) is 12.2 Å². The highest BCUT2D eigenvalue weighted by Crippen LogP contribution is 2.33. The molecule has 2 nitrogen and oxygen atoms in total. The molecule has 0 saturated carbocycles. The van der Waals surface area contributed by atoms with E-state index in [1.54, 1.807) is 0 Å². The summed E-state index contributed by atoms with van der Waals surface area (Å²) < 4.78 is 0. The highest BCUT2D eigenvalue weighted by atomic mass is 14.9. The lowest BCUT2D eigenvalue weighted by atomic mass is 9.86. The fourth-order valence-corrected chi connectivity index (χ4v) is 2.26. The number of nitrogens with one attached hydrogen (secondary N) is 1. The van der Waals surface area contributed by atoms with Gasteiger partial charge in [-0.2, -0.15) is 0 Å². The molecule has 16 heavy (non-hydrogen) atoms. The minimum Gasteiger partial charge on any atom is -0.385 e. The molecular formula is C14H20N2. The Balaban J connectivity index is 2.59. The van der Waals surface area contributed by atoms with E-state index >= 15 is 0 Å². The molecule has 0 bridgehead atoms. The third-order valence-electron chi connectivity index (χ3n) is 3.12. The summed E-state index contributed by atoms with van der Waals surface area (Å²) in [6, 6.07) is 2.16. The summed E-state index contributed by atoms with van der Waals surface area (Å²) in [4.78, 5) is 4.49. The number of hydrogen-bond acceptors (Lipinski definition) is 2. The Morgan fingerprint density at radius 3 is 2.56 bits per heavy atom. The topological polar surface area (TPSA) is 24.9 Å². The van der Waals surface area contributed by atoms with E-state index < -0.39 is 0 Å². The van der Waals surface area contributed by atoms with Gasteiger partial charge in [0.25, 0.3) is 0 Å². The zero-order chi connectivity index (χ0) is 11.7. The fourth-order valence-electron chi connectivity index (χ4n) is 2.26. The van der Waals surface area contributed by atoms with Crippen molar-refractivity contribution in [2.45, 2.75) is 40.2 Å². The number of nitrogens with zero attached hydrogens (tertiary/aromatic N) is 1.